The van der Waals surface area contributed by atoms with Crippen molar-refractivity contribution in [3.8, 4) is 5.75 Å². The maximum atomic E-state index is 13.4. The molecule has 6 heteroatoms. The molecular weight excluding hydrogens is 452 g/mol. The van der Waals surface area contributed by atoms with Gasteiger partial charge in [0.25, 0.3) is 0 Å². The minimum absolute atomic E-state index is 0.0309. The van der Waals surface area contributed by atoms with Gasteiger partial charge >= 0.3 is 0 Å². The Bertz CT molecular complexity index is 1090. The molecule has 0 radical (unpaired) electrons. The third-order valence-corrected chi connectivity index (χ3v) is 8.37. The Labute approximate surface area is 196 Å². The molecule has 5 rings (SSSR count). The van der Waals surface area contributed by atoms with E-state index in [4.69, 9.17) is 27.9 Å². The van der Waals surface area contributed by atoms with Gasteiger partial charge in [-0.25, -0.2) is 4.39 Å². The van der Waals surface area contributed by atoms with Crippen molar-refractivity contribution in [2.24, 2.45) is 0 Å². The summed E-state index contributed by atoms with van der Waals surface area (Å²) >= 11 is 14.3. The average molecular weight is 474 g/mol. The van der Waals surface area contributed by atoms with Crippen molar-refractivity contribution < 1.29 is 9.13 Å². The molecule has 2 atom stereocenters. The van der Waals surface area contributed by atoms with Crippen molar-refractivity contribution in [2.75, 3.05) is 6.54 Å². The highest BCUT2D eigenvalue weighted by Gasteiger charge is 2.48. The first-order valence-corrected chi connectivity index (χ1v) is 12.0. The monoisotopic (exact) mass is 473 g/mol. The molecule has 2 nitrogen and oxygen atoms in total. The second-order valence-corrected chi connectivity index (χ2v) is 10.3. The van der Waals surface area contributed by atoms with Crippen LogP contribution >= 0.6 is 35.0 Å². The van der Waals surface area contributed by atoms with Gasteiger partial charge in [-0.1, -0.05) is 47.5 Å². The molecule has 2 unspecified atom stereocenters. The molecule has 0 saturated carbocycles. The minimum atomic E-state index is -0.199. The molecule has 0 amide bonds. The largest absolute Gasteiger partial charge is 0.486 e. The van der Waals surface area contributed by atoms with Crippen molar-refractivity contribution in [1.82, 2.24) is 5.32 Å². The summed E-state index contributed by atoms with van der Waals surface area (Å²) in [5.74, 6) is 0.321. The highest BCUT2D eigenvalue weighted by molar-refractivity contribution is 8.00. The highest BCUT2D eigenvalue weighted by Crippen LogP contribution is 2.53. The molecule has 1 N–H and O–H groups in total. The lowest BCUT2D eigenvalue weighted by atomic mass is 9.78. The number of aryl methyl sites for hydroxylation is 1. The van der Waals surface area contributed by atoms with Gasteiger partial charge in [-0.15, -0.1) is 11.8 Å². The SMILES string of the molecule is Fc1ccc(SC23CCNC2CCc2cc(COc4c(Cl)cccc4Cl)ccc23)cc1. The van der Waals surface area contributed by atoms with Gasteiger partial charge in [0.1, 0.15) is 12.4 Å². The van der Waals surface area contributed by atoms with Crippen molar-refractivity contribution in [3.05, 3.63) is 93.2 Å². The molecule has 1 aliphatic carbocycles. The number of thioether (sulfide) groups is 1. The Kier molecular flexibility index (Phi) is 5.91. The second-order valence-electron chi connectivity index (χ2n) is 8.07. The molecule has 1 saturated heterocycles. The van der Waals surface area contributed by atoms with Crippen molar-refractivity contribution in [2.45, 2.75) is 41.6 Å². The first kappa shape index (κ1) is 21.1. The fraction of sp³-hybridized carbons (Fsp3) is 0.280. The van der Waals surface area contributed by atoms with Crippen molar-refractivity contribution in [1.29, 1.82) is 0 Å². The Morgan fingerprint density at radius 2 is 1.84 bits per heavy atom. The predicted molar refractivity (Wildman–Crippen MR) is 126 cm³/mol. The summed E-state index contributed by atoms with van der Waals surface area (Å²) in [5.41, 5.74) is 3.84. The highest BCUT2D eigenvalue weighted by atomic mass is 35.5. The third kappa shape index (κ3) is 4.07. The van der Waals surface area contributed by atoms with Gasteiger partial charge in [-0.2, -0.15) is 0 Å². The fourth-order valence-corrected chi connectivity index (χ4v) is 6.81. The number of rotatable bonds is 5. The van der Waals surface area contributed by atoms with Crippen molar-refractivity contribution in [3.63, 3.8) is 0 Å². The van der Waals surface area contributed by atoms with Crippen LogP contribution in [0.25, 0.3) is 0 Å². The molecule has 1 aliphatic heterocycles. The normalized spacial score (nSPS) is 22.1. The van der Waals surface area contributed by atoms with Crippen LogP contribution in [0.4, 0.5) is 4.39 Å². The van der Waals surface area contributed by atoms with Gasteiger partial charge in [0.2, 0.25) is 0 Å². The first-order valence-electron chi connectivity index (χ1n) is 10.4. The van der Waals surface area contributed by atoms with E-state index in [1.54, 1.807) is 30.3 Å². The number of halogens is 3. The number of hydrogen-bond acceptors (Lipinski definition) is 3. The van der Waals surface area contributed by atoms with E-state index in [9.17, 15) is 4.39 Å². The third-order valence-electron chi connectivity index (χ3n) is 6.19. The smallest absolute Gasteiger partial charge is 0.156 e. The zero-order valence-corrected chi connectivity index (χ0v) is 19.2. The lowest BCUT2D eigenvalue weighted by Gasteiger charge is -2.40. The Balaban J connectivity index is 1.42. The summed E-state index contributed by atoms with van der Waals surface area (Å²) in [6.07, 6.45) is 3.17. The summed E-state index contributed by atoms with van der Waals surface area (Å²) in [6.45, 7) is 1.41. The lowest BCUT2D eigenvalue weighted by Crippen LogP contribution is -2.42. The molecule has 1 fully saturated rings. The molecular formula is C25H22Cl2FNOS. The molecule has 1 heterocycles. The quantitative estimate of drug-likeness (QED) is 0.430. The van der Waals surface area contributed by atoms with Crippen LogP contribution in [-0.4, -0.2) is 12.6 Å². The summed E-state index contributed by atoms with van der Waals surface area (Å²) < 4.78 is 19.3. The van der Waals surface area contributed by atoms with Gasteiger partial charge in [0.15, 0.2) is 5.75 Å². The molecule has 0 aromatic heterocycles. The maximum Gasteiger partial charge on any atom is 0.156 e. The van der Waals surface area contributed by atoms with E-state index in [1.165, 1.54) is 11.1 Å². The average Bonchev–Trinajstić information content (AvgIpc) is 3.19. The Hall–Kier alpha value is -1.72. The van der Waals surface area contributed by atoms with Crippen LogP contribution in [0, 0.1) is 5.82 Å². The van der Waals surface area contributed by atoms with E-state index in [1.807, 2.05) is 23.9 Å². The summed E-state index contributed by atoms with van der Waals surface area (Å²) in [5, 5.41) is 4.72. The number of ether oxygens (including phenoxy) is 1. The topological polar surface area (TPSA) is 21.3 Å². The van der Waals surface area contributed by atoms with Crippen LogP contribution in [0.15, 0.2) is 65.6 Å². The van der Waals surface area contributed by atoms with Gasteiger partial charge in [-0.3, -0.25) is 0 Å². The van der Waals surface area contributed by atoms with Crippen LogP contribution in [-0.2, 0) is 17.8 Å². The second kappa shape index (κ2) is 8.67. The van der Waals surface area contributed by atoms with E-state index in [0.717, 1.165) is 36.3 Å². The van der Waals surface area contributed by atoms with Crippen LogP contribution in [0.3, 0.4) is 0 Å². The fourth-order valence-electron chi connectivity index (χ4n) is 4.75. The van der Waals surface area contributed by atoms with E-state index in [2.05, 4.69) is 23.5 Å². The van der Waals surface area contributed by atoms with Gasteiger partial charge in [0.05, 0.1) is 14.8 Å². The van der Waals surface area contributed by atoms with E-state index in [-0.39, 0.29) is 10.6 Å². The molecule has 2 aliphatic rings. The van der Waals surface area contributed by atoms with E-state index in [0.29, 0.717) is 28.4 Å². The Morgan fingerprint density at radius 3 is 2.61 bits per heavy atom. The Morgan fingerprint density at radius 1 is 1.06 bits per heavy atom. The van der Waals surface area contributed by atoms with Gasteiger partial charge in [0, 0.05) is 10.9 Å². The standard InChI is InChI=1S/C25H22Cl2FNOS/c26-21-2-1-3-22(27)24(21)30-15-16-4-10-20-17(14-16)5-11-23-25(20,12-13-29-23)31-19-8-6-18(28)7-9-19/h1-4,6-10,14,23,29H,5,11-13,15H2. The lowest BCUT2D eigenvalue weighted by molar-refractivity contribution is 0.306. The molecule has 31 heavy (non-hydrogen) atoms. The number of hydrogen-bond donors (Lipinski definition) is 1. The number of nitrogens with one attached hydrogen (secondary N) is 1. The molecule has 3 aromatic carbocycles. The molecule has 160 valence electrons. The van der Waals surface area contributed by atoms with Crippen LogP contribution < -0.4 is 10.1 Å². The van der Waals surface area contributed by atoms with Gasteiger partial charge < -0.3 is 10.1 Å². The molecule has 0 bridgehead atoms. The molecule has 0 spiro atoms. The molecule has 3 aromatic rings. The zero-order valence-electron chi connectivity index (χ0n) is 16.8. The van der Waals surface area contributed by atoms with Crippen LogP contribution in [0.1, 0.15) is 29.5 Å². The summed E-state index contributed by atoms with van der Waals surface area (Å²) in [4.78, 5) is 1.10. The zero-order chi connectivity index (χ0) is 21.4. The van der Waals surface area contributed by atoms with Gasteiger partial charge in [-0.05, 0) is 78.9 Å². The number of para-hydroxylation sites is 1. The maximum absolute atomic E-state index is 13.4. The summed E-state index contributed by atoms with van der Waals surface area (Å²) in [6, 6.07) is 19.3. The van der Waals surface area contributed by atoms with E-state index >= 15 is 0 Å². The van der Waals surface area contributed by atoms with Crippen molar-refractivity contribution >= 4 is 35.0 Å². The first-order chi connectivity index (χ1) is 15.0. The summed E-state index contributed by atoms with van der Waals surface area (Å²) in [7, 11) is 0. The minimum Gasteiger partial charge on any atom is -0.486 e. The number of fused-ring (bicyclic) bond motifs is 3. The van der Waals surface area contributed by atoms with E-state index < -0.39 is 0 Å². The number of benzene rings is 3. The van der Waals surface area contributed by atoms with Crippen LogP contribution in [0.5, 0.6) is 5.75 Å². The van der Waals surface area contributed by atoms with Crippen LogP contribution in [0.2, 0.25) is 10.0 Å². The predicted octanol–water partition coefficient (Wildman–Crippen LogP) is 7.01.